The largest absolute Gasteiger partial charge is 0.377 e. The Labute approximate surface area is 162 Å². The summed E-state index contributed by atoms with van der Waals surface area (Å²) in [7, 11) is 2.10. The number of carbonyl (C=O) groups excluding carboxylic acids is 1. The van der Waals surface area contributed by atoms with Gasteiger partial charge in [0.2, 0.25) is 0 Å². The normalized spacial score (nSPS) is 24.1. The van der Waals surface area contributed by atoms with Gasteiger partial charge in [-0.25, -0.2) is 0 Å². The molecule has 4 nitrogen and oxygen atoms in total. The minimum absolute atomic E-state index is 0.0335. The fourth-order valence-electron chi connectivity index (χ4n) is 4.47. The molecule has 2 aliphatic heterocycles. The molecule has 1 amide bonds. The Morgan fingerprint density at radius 2 is 2.00 bits per heavy atom. The van der Waals surface area contributed by atoms with E-state index in [0.717, 1.165) is 31.5 Å². The van der Waals surface area contributed by atoms with Crippen molar-refractivity contribution >= 4 is 11.6 Å². The van der Waals surface area contributed by atoms with Crippen LogP contribution >= 0.6 is 0 Å². The van der Waals surface area contributed by atoms with Crippen LogP contribution in [0.25, 0.3) is 0 Å². The van der Waals surface area contributed by atoms with E-state index in [9.17, 15) is 4.79 Å². The van der Waals surface area contributed by atoms with E-state index < -0.39 is 0 Å². The maximum Gasteiger partial charge on any atom is 0.251 e. The number of hydrogen-bond acceptors (Lipinski definition) is 3. The summed E-state index contributed by atoms with van der Waals surface area (Å²) in [6, 6.07) is 17.1. The van der Waals surface area contributed by atoms with Crippen LogP contribution in [-0.4, -0.2) is 37.0 Å². The number of nitrogens with zero attached hydrogens (tertiary/aromatic N) is 1. The lowest BCUT2D eigenvalue weighted by atomic mass is 9.73. The molecular weight excluding hydrogens is 334 g/mol. The van der Waals surface area contributed by atoms with Gasteiger partial charge in [0.15, 0.2) is 0 Å². The van der Waals surface area contributed by atoms with Crippen LogP contribution < -0.4 is 10.6 Å². The van der Waals surface area contributed by atoms with E-state index in [1.165, 1.54) is 16.8 Å². The van der Waals surface area contributed by atoms with E-state index in [1.54, 1.807) is 0 Å². The van der Waals surface area contributed by atoms with Gasteiger partial charge in [-0.05, 0) is 61.2 Å². The highest BCUT2D eigenvalue weighted by molar-refractivity contribution is 5.94. The van der Waals surface area contributed by atoms with Crippen LogP contribution in [-0.2, 0) is 6.42 Å². The molecule has 0 saturated carbocycles. The summed E-state index contributed by atoms with van der Waals surface area (Å²) in [5.74, 6) is 0.0335. The zero-order valence-electron chi connectivity index (χ0n) is 16.5. The van der Waals surface area contributed by atoms with Crippen LogP contribution in [0.3, 0.4) is 0 Å². The summed E-state index contributed by atoms with van der Waals surface area (Å²) in [5.41, 5.74) is 4.55. The van der Waals surface area contributed by atoms with E-state index in [0.29, 0.717) is 0 Å². The molecule has 0 radical (unpaired) electrons. The van der Waals surface area contributed by atoms with Crippen molar-refractivity contribution in [2.75, 3.05) is 25.5 Å². The first-order valence-corrected chi connectivity index (χ1v) is 9.86. The van der Waals surface area contributed by atoms with Crippen molar-refractivity contribution in [2.24, 2.45) is 5.41 Å². The number of likely N-dealkylation sites (tertiary alicyclic amines) is 1. The second-order valence-corrected chi connectivity index (χ2v) is 8.75. The summed E-state index contributed by atoms with van der Waals surface area (Å²) >= 11 is 0. The van der Waals surface area contributed by atoms with Crippen molar-refractivity contribution in [1.82, 2.24) is 10.2 Å². The summed E-state index contributed by atoms with van der Waals surface area (Å²) in [5, 5.41) is 6.90. The Morgan fingerprint density at radius 1 is 1.19 bits per heavy atom. The summed E-state index contributed by atoms with van der Waals surface area (Å²) in [6.45, 7) is 6.56. The second kappa shape index (κ2) is 7.01. The third-order valence-corrected chi connectivity index (χ3v) is 5.95. The lowest BCUT2D eigenvalue weighted by Gasteiger charge is -2.41. The van der Waals surface area contributed by atoms with Crippen LogP contribution in [0, 0.1) is 5.41 Å². The summed E-state index contributed by atoms with van der Waals surface area (Å²) < 4.78 is 0. The van der Waals surface area contributed by atoms with Crippen molar-refractivity contribution < 1.29 is 4.79 Å². The molecule has 4 rings (SSSR count). The number of fused-ring (bicyclic) bond motifs is 1. The number of hydrogen-bond donors (Lipinski definition) is 2. The standard InChI is InChI=1S/C23H29N3O/c1-23(2)14-18-7-4-5-10-20(18)25-21(23)16-8-6-9-17(13-16)22(27)24-19-11-12-26(3)15-19/h4-10,13,19,21,25H,11-12,14-15H2,1-3H3,(H,24,27). The first kappa shape index (κ1) is 18.1. The third-order valence-electron chi connectivity index (χ3n) is 5.95. The summed E-state index contributed by atoms with van der Waals surface area (Å²) in [4.78, 5) is 15.0. The molecule has 27 heavy (non-hydrogen) atoms. The van der Waals surface area contributed by atoms with Crippen molar-refractivity contribution in [3.63, 3.8) is 0 Å². The molecule has 2 aliphatic rings. The van der Waals surface area contributed by atoms with Crippen LogP contribution in [0.15, 0.2) is 48.5 Å². The smallest absolute Gasteiger partial charge is 0.251 e. The van der Waals surface area contributed by atoms with Gasteiger partial charge < -0.3 is 15.5 Å². The molecule has 4 heteroatoms. The van der Waals surface area contributed by atoms with Gasteiger partial charge in [-0.3, -0.25) is 4.79 Å². The number of anilines is 1. The average Bonchev–Trinajstić information content (AvgIpc) is 3.05. The predicted molar refractivity (Wildman–Crippen MR) is 110 cm³/mol. The van der Waals surface area contributed by atoms with E-state index >= 15 is 0 Å². The molecule has 2 heterocycles. The van der Waals surface area contributed by atoms with Gasteiger partial charge in [-0.15, -0.1) is 0 Å². The van der Waals surface area contributed by atoms with Crippen molar-refractivity contribution in [1.29, 1.82) is 0 Å². The highest BCUT2D eigenvalue weighted by Crippen LogP contribution is 2.44. The molecule has 142 valence electrons. The average molecular weight is 364 g/mol. The first-order chi connectivity index (χ1) is 12.9. The van der Waals surface area contributed by atoms with Gasteiger partial charge in [-0.1, -0.05) is 44.2 Å². The Morgan fingerprint density at radius 3 is 2.78 bits per heavy atom. The SMILES string of the molecule is CN1CCC(NC(=O)c2cccc(C3Nc4ccccc4CC3(C)C)c2)C1. The molecule has 2 atom stereocenters. The lowest BCUT2D eigenvalue weighted by Crippen LogP contribution is -2.37. The molecule has 0 bridgehead atoms. The maximum atomic E-state index is 12.8. The number of rotatable bonds is 3. The monoisotopic (exact) mass is 363 g/mol. The molecule has 0 spiro atoms. The fourth-order valence-corrected chi connectivity index (χ4v) is 4.47. The molecule has 2 aromatic rings. The van der Waals surface area contributed by atoms with Gasteiger partial charge >= 0.3 is 0 Å². The highest BCUT2D eigenvalue weighted by Gasteiger charge is 2.36. The van der Waals surface area contributed by atoms with Gasteiger partial charge in [-0.2, -0.15) is 0 Å². The Kier molecular flexibility index (Phi) is 4.68. The lowest BCUT2D eigenvalue weighted by molar-refractivity contribution is 0.0938. The zero-order chi connectivity index (χ0) is 19.0. The number of likely N-dealkylation sites (N-methyl/N-ethyl adjacent to an activating group) is 1. The number of benzene rings is 2. The first-order valence-electron chi connectivity index (χ1n) is 9.86. The molecule has 1 saturated heterocycles. The summed E-state index contributed by atoms with van der Waals surface area (Å²) in [6.07, 6.45) is 2.04. The van der Waals surface area contributed by atoms with Crippen LogP contribution in [0.5, 0.6) is 0 Å². The van der Waals surface area contributed by atoms with Crippen LogP contribution in [0.1, 0.15) is 47.8 Å². The van der Waals surface area contributed by atoms with Crippen molar-refractivity contribution in [3.05, 3.63) is 65.2 Å². The molecule has 1 fully saturated rings. The van der Waals surface area contributed by atoms with E-state index in [1.807, 2.05) is 12.1 Å². The van der Waals surface area contributed by atoms with Crippen LogP contribution in [0.2, 0.25) is 0 Å². The number of nitrogens with one attached hydrogen (secondary N) is 2. The van der Waals surface area contributed by atoms with E-state index in [4.69, 9.17) is 0 Å². The zero-order valence-corrected chi connectivity index (χ0v) is 16.5. The van der Waals surface area contributed by atoms with Gasteiger partial charge in [0, 0.05) is 23.8 Å². The molecule has 0 aliphatic carbocycles. The van der Waals surface area contributed by atoms with E-state index in [2.05, 4.69) is 72.8 Å². The minimum Gasteiger partial charge on any atom is -0.377 e. The topological polar surface area (TPSA) is 44.4 Å². The Balaban J connectivity index is 1.56. The van der Waals surface area contributed by atoms with Gasteiger partial charge in [0.05, 0.1) is 6.04 Å². The Bertz CT molecular complexity index is 845. The molecule has 2 aromatic carbocycles. The maximum absolute atomic E-state index is 12.8. The fraction of sp³-hybridized carbons (Fsp3) is 0.435. The van der Waals surface area contributed by atoms with Gasteiger partial charge in [0.1, 0.15) is 0 Å². The molecule has 2 N–H and O–H groups in total. The van der Waals surface area contributed by atoms with Gasteiger partial charge in [0.25, 0.3) is 5.91 Å². The van der Waals surface area contributed by atoms with E-state index in [-0.39, 0.29) is 23.4 Å². The quantitative estimate of drug-likeness (QED) is 0.870. The molecule has 0 aromatic heterocycles. The molecule has 2 unspecified atom stereocenters. The number of carbonyl (C=O) groups is 1. The number of amides is 1. The molecular formula is C23H29N3O. The predicted octanol–water partition coefficient (Wildman–Crippen LogP) is 3.86. The number of para-hydroxylation sites is 1. The minimum atomic E-state index is 0.0335. The second-order valence-electron chi connectivity index (χ2n) is 8.75. The Hall–Kier alpha value is -2.33. The van der Waals surface area contributed by atoms with Crippen molar-refractivity contribution in [2.45, 2.75) is 38.8 Å². The van der Waals surface area contributed by atoms with Crippen LogP contribution in [0.4, 0.5) is 5.69 Å². The van der Waals surface area contributed by atoms with Crippen molar-refractivity contribution in [3.8, 4) is 0 Å². The highest BCUT2D eigenvalue weighted by atomic mass is 16.1. The third kappa shape index (κ3) is 3.72.